The number of rotatable bonds is 6. The summed E-state index contributed by atoms with van der Waals surface area (Å²) in [6, 6.07) is 0. The molecule has 0 N–H and O–H groups in total. The van der Waals surface area contributed by atoms with E-state index in [0.29, 0.717) is 6.54 Å². The second-order valence-corrected chi connectivity index (χ2v) is 13.0. The van der Waals surface area contributed by atoms with Gasteiger partial charge >= 0.3 is 0 Å². The van der Waals surface area contributed by atoms with E-state index in [1.165, 1.54) is 0 Å². The molecular weight excluding hydrogens is 284 g/mol. The van der Waals surface area contributed by atoms with Gasteiger partial charge in [0.05, 0.1) is 29.8 Å². The summed E-state index contributed by atoms with van der Waals surface area (Å²) in [6.45, 7) is 11.2. The third-order valence-corrected chi connectivity index (χ3v) is 11.6. The smallest absolute Gasteiger partial charge is 0.233 e. The van der Waals surface area contributed by atoms with E-state index in [2.05, 4.69) is 30.4 Å². The van der Waals surface area contributed by atoms with Crippen molar-refractivity contribution in [1.29, 1.82) is 0 Å². The molecule has 2 rings (SSSR count). The Balaban J connectivity index is 1.85. The van der Waals surface area contributed by atoms with Gasteiger partial charge in [-0.25, -0.2) is 0 Å². The molecule has 20 heavy (non-hydrogen) atoms. The van der Waals surface area contributed by atoms with Gasteiger partial charge in [-0.3, -0.25) is 14.5 Å². The number of amides is 2. The Morgan fingerprint density at radius 2 is 1.55 bits per heavy atom. The number of nitrogens with zero attached hydrogens (tertiary/aromatic N) is 2. The average molecular weight is 313 g/mol. The predicted molar refractivity (Wildman–Crippen MR) is 86.6 cm³/mol. The van der Waals surface area contributed by atoms with Crippen LogP contribution in [0.15, 0.2) is 0 Å². The van der Waals surface area contributed by atoms with Gasteiger partial charge in [0, 0.05) is 6.54 Å². The second kappa shape index (κ2) is 6.53. The first kappa shape index (κ1) is 15.9. The molecule has 0 aromatic rings. The summed E-state index contributed by atoms with van der Waals surface area (Å²) >= 11 is 0. The first-order valence-corrected chi connectivity index (χ1v) is 13.7. The molecule has 1 saturated heterocycles. The standard InChI is InChI=1S/C14H28N2O2Si2/c1-19(2)16(20(3)4)10-6-9-15-13(17)11-7-5-8-12(11)14(15)18/h11-12,19-20H,5-10H2,1-4H3. The van der Waals surface area contributed by atoms with Gasteiger partial charge in [-0.05, 0) is 25.8 Å². The Bertz CT molecular complexity index is 357. The van der Waals surface area contributed by atoms with Gasteiger partial charge in [-0.2, -0.15) is 0 Å². The number of imide groups is 1. The van der Waals surface area contributed by atoms with Crippen molar-refractivity contribution in [1.82, 2.24) is 9.13 Å². The van der Waals surface area contributed by atoms with Gasteiger partial charge in [0.15, 0.2) is 0 Å². The predicted octanol–water partition coefficient (Wildman–Crippen LogP) is 1.43. The lowest BCUT2D eigenvalue weighted by molar-refractivity contribution is -0.140. The van der Waals surface area contributed by atoms with Crippen molar-refractivity contribution in [2.45, 2.75) is 51.9 Å². The fourth-order valence-corrected chi connectivity index (χ4v) is 9.97. The topological polar surface area (TPSA) is 40.6 Å². The van der Waals surface area contributed by atoms with Crippen LogP contribution in [0.3, 0.4) is 0 Å². The van der Waals surface area contributed by atoms with Gasteiger partial charge in [-0.15, -0.1) is 0 Å². The summed E-state index contributed by atoms with van der Waals surface area (Å²) in [7, 11) is -1.51. The molecule has 6 heteroatoms. The summed E-state index contributed by atoms with van der Waals surface area (Å²) < 4.78 is 2.69. The van der Waals surface area contributed by atoms with Crippen LogP contribution in [-0.4, -0.2) is 52.0 Å². The maximum atomic E-state index is 12.2. The fourth-order valence-electron chi connectivity index (χ4n) is 3.80. The number of likely N-dealkylation sites (tertiary alicyclic amines) is 1. The van der Waals surface area contributed by atoms with E-state index < -0.39 is 17.9 Å². The highest BCUT2D eigenvalue weighted by molar-refractivity contribution is 6.69. The number of carbonyl (C=O) groups excluding carboxylic acids is 2. The molecule has 1 heterocycles. The van der Waals surface area contributed by atoms with Crippen LogP contribution in [0.5, 0.6) is 0 Å². The minimum absolute atomic E-state index is 0.0255. The molecule has 2 amide bonds. The zero-order valence-corrected chi connectivity index (χ0v) is 15.6. The number of hydrogen-bond acceptors (Lipinski definition) is 3. The van der Waals surface area contributed by atoms with E-state index in [-0.39, 0.29) is 23.7 Å². The maximum Gasteiger partial charge on any atom is 0.233 e. The molecule has 0 aromatic carbocycles. The van der Waals surface area contributed by atoms with Crippen LogP contribution in [0.25, 0.3) is 0 Å². The molecule has 0 radical (unpaired) electrons. The molecule has 2 unspecified atom stereocenters. The lowest BCUT2D eigenvalue weighted by atomic mass is 10.00. The van der Waals surface area contributed by atoms with E-state index in [0.717, 1.165) is 32.2 Å². The Hall–Kier alpha value is -0.466. The summed E-state index contributed by atoms with van der Waals surface area (Å²) in [5, 5.41) is 0. The van der Waals surface area contributed by atoms with Crippen molar-refractivity contribution in [2.24, 2.45) is 11.8 Å². The summed E-state index contributed by atoms with van der Waals surface area (Å²) in [4.78, 5) is 26.1. The van der Waals surface area contributed by atoms with Crippen molar-refractivity contribution in [3.05, 3.63) is 0 Å². The normalized spacial score (nSPS) is 26.4. The first-order valence-electron chi connectivity index (χ1n) is 8.04. The number of hydrogen-bond donors (Lipinski definition) is 0. The van der Waals surface area contributed by atoms with Crippen LogP contribution < -0.4 is 0 Å². The largest absolute Gasteiger partial charge is 0.350 e. The van der Waals surface area contributed by atoms with Crippen molar-refractivity contribution in [3.63, 3.8) is 0 Å². The minimum atomic E-state index is -0.753. The molecule has 2 aliphatic rings. The molecule has 1 aliphatic carbocycles. The van der Waals surface area contributed by atoms with E-state index in [4.69, 9.17) is 0 Å². The van der Waals surface area contributed by atoms with E-state index >= 15 is 0 Å². The van der Waals surface area contributed by atoms with Crippen molar-refractivity contribution < 1.29 is 9.59 Å². The van der Waals surface area contributed by atoms with Crippen LogP contribution in [0.1, 0.15) is 25.7 Å². The molecule has 2 atom stereocenters. The molecule has 0 bridgehead atoms. The first-order chi connectivity index (χ1) is 9.43. The lowest BCUT2D eigenvalue weighted by Gasteiger charge is -2.30. The van der Waals surface area contributed by atoms with Crippen LogP contribution in [0.2, 0.25) is 26.2 Å². The summed E-state index contributed by atoms with van der Waals surface area (Å²) in [5.41, 5.74) is 0. The average Bonchev–Trinajstić information content (AvgIpc) is 2.92. The highest BCUT2D eigenvalue weighted by Crippen LogP contribution is 2.39. The van der Waals surface area contributed by atoms with Crippen molar-refractivity contribution >= 4 is 29.7 Å². The van der Waals surface area contributed by atoms with E-state index in [9.17, 15) is 9.59 Å². The molecule has 4 nitrogen and oxygen atoms in total. The minimum Gasteiger partial charge on any atom is -0.350 e. The second-order valence-electron chi connectivity index (χ2n) is 6.75. The van der Waals surface area contributed by atoms with Crippen LogP contribution in [0, 0.1) is 11.8 Å². The van der Waals surface area contributed by atoms with Gasteiger partial charge in [0.1, 0.15) is 0 Å². The monoisotopic (exact) mass is 312 g/mol. The number of fused-ring (bicyclic) bond motifs is 1. The van der Waals surface area contributed by atoms with Gasteiger partial charge < -0.3 is 4.23 Å². The Labute approximate surface area is 125 Å². The number of carbonyl (C=O) groups is 2. The van der Waals surface area contributed by atoms with Gasteiger partial charge in [0.25, 0.3) is 0 Å². The fraction of sp³-hybridized carbons (Fsp3) is 0.857. The van der Waals surface area contributed by atoms with Crippen LogP contribution in [0.4, 0.5) is 0 Å². The quantitative estimate of drug-likeness (QED) is 0.550. The Morgan fingerprint density at radius 1 is 1.05 bits per heavy atom. The molecule has 1 aliphatic heterocycles. The van der Waals surface area contributed by atoms with E-state index in [1.807, 2.05) is 0 Å². The van der Waals surface area contributed by atoms with Crippen molar-refractivity contribution in [3.8, 4) is 0 Å². The third-order valence-electron chi connectivity index (χ3n) is 4.81. The molecule has 2 fully saturated rings. The van der Waals surface area contributed by atoms with E-state index in [1.54, 1.807) is 4.90 Å². The molecule has 1 saturated carbocycles. The van der Waals surface area contributed by atoms with Gasteiger partial charge in [-0.1, -0.05) is 32.6 Å². The molecule has 114 valence electrons. The highest BCUT2D eigenvalue weighted by atomic mass is 28.3. The van der Waals surface area contributed by atoms with Crippen LogP contribution >= 0.6 is 0 Å². The lowest BCUT2D eigenvalue weighted by Crippen LogP contribution is -2.45. The third kappa shape index (κ3) is 3.07. The van der Waals surface area contributed by atoms with Gasteiger partial charge in [0.2, 0.25) is 11.8 Å². The Morgan fingerprint density at radius 3 is 2.00 bits per heavy atom. The molecule has 0 spiro atoms. The SMILES string of the molecule is C[SiH](C)N(CCCN1C(=O)C2CCCC2C1=O)[SiH](C)C. The summed E-state index contributed by atoms with van der Waals surface area (Å²) in [6.07, 6.45) is 3.85. The Kier molecular flexibility index (Phi) is 5.20. The van der Waals surface area contributed by atoms with Crippen LogP contribution in [-0.2, 0) is 9.59 Å². The molecular formula is C14H28N2O2Si2. The summed E-state index contributed by atoms with van der Waals surface area (Å²) in [5.74, 6) is 0.287. The maximum absolute atomic E-state index is 12.2. The zero-order valence-electron chi connectivity index (χ0n) is 13.3. The molecule has 0 aromatic heterocycles. The van der Waals surface area contributed by atoms with Crippen molar-refractivity contribution in [2.75, 3.05) is 13.1 Å². The highest BCUT2D eigenvalue weighted by Gasteiger charge is 2.49. The zero-order chi connectivity index (χ0) is 14.9.